The molecule has 4 heteroatoms. The average Bonchev–Trinajstić information content (AvgIpc) is 2.75. The molecule has 156 valence electrons. The Kier molecular flexibility index (Phi) is 5.80. The van der Waals surface area contributed by atoms with E-state index in [1.807, 2.05) is 60.7 Å². The molecule has 4 N–H and O–H groups in total. The van der Waals surface area contributed by atoms with Crippen molar-refractivity contribution < 1.29 is 9.47 Å². The quantitative estimate of drug-likeness (QED) is 0.349. The highest BCUT2D eigenvalue weighted by Crippen LogP contribution is 2.29. The monoisotopic (exact) mass is 410 g/mol. The molecule has 0 radical (unpaired) electrons. The van der Waals surface area contributed by atoms with E-state index < -0.39 is 0 Å². The summed E-state index contributed by atoms with van der Waals surface area (Å²) in [5.74, 6) is 3.24. The molecular weight excluding hydrogens is 384 g/mol. The molecule has 0 aliphatic rings. The Morgan fingerprint density at radius 2 is 0.935 bits per heavy atom. The molecule has 4 aromatic rings. The normalized spacial score (nSPS) is 10.6. The number of benzene rings is 4. The lowest BCUT2D eigenvalue weighted by atomic mass is 10.0. The lowest BCUT2D eigenvalue weighted by molar-refractivity contribution is 0.479. The maximum Gasteiger partial charge on any atom is 0.130 e. The summed E-state index contributed by atoms with van der Waals surface area (Å²) >= 11 is 0. The maximum absolute atomic E-state index is 5.99. The number of nitrogens with two attached hydrogens (primary N) is 2. The van der Waals surface area contributed by atoms with Gasteiger partial charge in [-0.15, -0.1) is 0 Å². The van der Waals surface area contributed by atoms with E-state index in [-0.39, 0.29) is 0 Å². The van der Waals surface area contributed by atoms with Gasteiger partial charge in [-0.05, 0) is 103 Å². The second kappa shape index (κ2) is 8.84. The fraction of sp³-hybridized carbons (Fsp3) is 0.111. The molecule has 0 saturated heterocycles. The van der Waals surface area contributed by atoms with Crippen LogP contribution in [0.2, 0.25) is 0 Å². The van der Waals surface area contributed by atoms with E-state index in [1.165, 1.54) is 11.1 Å². The lowest BCUT2D eigenvalue weighted by Gasteiger charge is -2.12. The van der Waals surface area contributed by atoms with Crippen LogP contribution in [0.5, 0.6) is 23.0 Å². The Hall–Kier alpha value is -3.92. The van der Waals surface area contributed by atoms with Gasteiger partial charge in [0.15, 0.2) is 0 Å². The van der Waals surface area contributed by atoms with Crippen molar-refractivity contribution in [2.45, 2.75) is 20.3 Å². The summed E-state index contributed by atoms with van der Waals surface area (Å²) in [5.41, 5.74) is 17.6. The Balaban J connectivity index is 1.44. The van der Waals surface area contributed by atoms with Crippen LogP contribution in [0.3, 0.4) is 0 Å². The van der Waals surface area contributed by atoms with Crippen molar-refractivity contribution >= 4 is 11.4 Å². The van der Waals surface area contributed by atoms with Crippen molar-refractivity contribution in [2.75, 3.05) is 11.5 Å². The van der Waals surface area contributed by atoms with Crippen LogP contribution >= 0.6 is 0 Å². The van der Waals surface area contributed by atoms with E-state index in [9.17, 15) is 0 Å². The van der Waals surface area contributed by atoms with E-state index >= 15 is 0 Å². The molecular formula is C27H26N2O2. The zero-order valence-corrected chi connectivity index (χ0v) is 17.8. The molecule has 0 heterocycles. The molecule has 0 amide bonds. The third kappa shape index (κ3) is 5.17. The number of ether oxygens (including phenoxy) is 2. The number of rotatable bonds is 6. The summed E-state index contributed by atoms with van der Waals surface area (Å²) in [4.78, 5) is 0. The predicted molar refractivity (Wildman–Crippen MR) is 127 cm³/mol. The molecule has 0 atom stereocenters. The van der Waals surface area contributed by atoms with Crippen LogP contribution in [0.15, 0.2) is 84.9 Å². The maximum atomic E-state index is 5.99. The number of aryl methyl sites for hydroxylation is 2. The Morgan fingerprint density at radius 1 is 0.548 bits per heavy atom. The zero-order valence-electron chi connectivity index (χ0n) is 17.8. The Labute approximate surface area is 183 Å². The van der Waals surface area contributed by atoms with Crippen molar-refractivity contribution in [1.29, 1.82) is 0 Å². The largest absolute Gasteiger partial charge is 0.457 e. The van der Waals surface area contributed by atoms with E-state index in [1.54, 1.807) is 0 Å². The minimum Gasteiger partial charge on any atom is -0.457 e. The average molecular weight is 411 g/mol. The topological polar surface area (TPSA) is 70.5 Å². The molecule has 4 rings (SSSR count). The van der Waals surface area contributed by atoms with Crippen molar-refractivity contribution in [3.63, 3.8) is 0 Å². The van der Waals surface area contributed by atoms with Crippen LogP contribution in [0.4, 0.5) is 11.4 Å². The third-order valence-electron chi connectivity index (χ3n) is 5.10. The first-order valence-electron chi connectivity index (χ1n) is 10.2. The summed E-state index contributed by atoms with van der Waals surface area (Å²) < 4.78 is 12.0. The number of anilines is 2. The van der Waals surface area contributed by atoms with Crippen LogP contribution < -0.4 is 20.9 Å². The standard InChI is InChI=1S/C27H26N2O2/c1-18-15-20(3-13-26(18)30-24-9-5-22(28)6-10-24)17-21-4-14-27(19(2)16-21)31-25-11-7-23(29)8-12-25/h3-16H,17,28-29H2,1-2H3. The molecule has 4 aromatic carbocycles. The predicted octanol–water partition coefficient (Wildman–Crippen LogP) is 6.64. The summed E-state index contributed by atoms with van der Waals surface area (Å²) in [6.45, 7) is 4.12. The summed E-state index contributed by atoms with van der Waals surface area (Å²) in [5, 5.41) is 0. The Morgan fingerprint density at radius 3 is 1.29 bits per heavy atom. The van der Waals surface area contributed by atoms with Crippen LogP contribution in [0, 0.1) is 13.8 Å². The molecule has 0 saturated carbocycles. The van der Waals surface area contributed by atoms with Gasteiger partial charge >= 0.3 is 0 Å². The first-order chi connectivity index (χ1) is 15.0. The minimum absolute atomic E-state index is 0.722. The van der Waals surface area contributed by atoms with Gasteiger partial charge in [0.25, 0.3) is 0 Å². The fourth-order valence-electron chi connectivity index (χ4n) is 3.43. The van der Waals surface area contributed by atoms with Gasteiger partial charge in [0.2, 0.25) is 0 Å². The van der Waals surface area contributed by atoms with Gasteiger partial charge in [0, 0.05) is 11.4 Å². The van der Waals surface area contributed by atoms with Gasteiger partial charge in [0.1, 0.15) is 23.0 Å². The second-order valence-electron chi connectivity index (χ2n) is 7.72. The molecule has 0 bridgehead atoms. The number of nitrogen functional groups attached to an aromatic ring is 2. The first kappa shape index (κ1) is 20.4. The van der Waals surface area contributed by atoms with Crippen LogP contribution in [0.25, 0.3) is 0 Å². The van der Waals surface area contributed by atoms with Crippen molar-refractivity contribution in [3.05, 3.63) is 107 Å². The zero-order chi connectivity index (χ0) is 21.8. The molecule has 0 spiro atoms. The van der Waals surface area contributed by atoms with Crippen LogP contribution in [-0.4, -0.2) is 0 Å². The summed E-state index contributed by atoms with van der Waals surface area (Å²) in [6.07, 6.45) is 0.839. The molecule has 4 nitrogen and oxygen atoms in total. The van der Waals surface area contributed by atoms with E-state index in [2.05, 4.69) is 38.1 Å². The van der Waals surface area contributed by atoms with Gasteiger partial charge < -0.3 is 20.9 Å². The summed E-state index contributed by atoms with van der Waals surface area (Å²) in [7, 11) is 0. The smallest absolute Gasteiger partial charge is 0.130 e. The first-order valence-corrected chi connectivity index (χ1v) is 10.2. The van der Waals surface area contributed by atoms with Gasteiger partial charge in [-0.1, -0.05) is 24.3 Å². The molecule has 0 unspecified atom stereocenters. The molecule has 0 fully saturated rings. The number of hydrogen-bond acceptors (Lipinski definition) is 4. The number of hydrogen-bond donors (Lipinski definition) is 2. The Bertz CT molecular complexity index is 1090. The van der Waals surface area contributed by atoms with Crippen LogP contribution in [0.1, 0.15) is 22.3 Å². The van der Waals surface area contributed by atoms with Gasteiger partial charge in [-0.25, -0.2) is 0 Å². The van der Waals surface area contributed by atoms with Crippen LogP contribution in [-0.2, 0) is 6.42 Å². The van der Waals surface area contributed by atoms with E-state index in [0.29, 0.717) is 0 Å². The summed E-state index contributed by atoms with van der Waals surface area (Å²) in [6, 6.07) is 27.4. The van der Waals surface area contributed by atoms with Gasteiger partial charge in [-0.3, -0.25) is 0 Å². The second-order valence-corrected chi connectivity index (χ2v) is 7.72. The van der Waals surface area contributed by atoms with Gasteiger partial charge in [0.05, 0.1) is 0 Å². The highest BCUT2D eigenvalue weighted by atomic mass is 16.5. The highest BCUT2D eigenvalue weighted by Gasteiger charge is 2.07. The van der Waals surface area contributed by atoms with Crippen molar-refractivity contribution in [1.82, 2.24) is 0 Å². The molecule has 0 aliphatic heterocycles. The SMILES string of the molecule is Cc1cc(Cc2ccc(Oc3ccc(N)cc3)c(C)c2)ccc1Oc1ccc(N)cc1. The van der Waals surface area contributed by atoms with E-state index in [0.717, 1.165) is 51.9 Å². The fourth-order valence-corrected chi connectivity index (χ4v) is 3.43. The van der Waals surface area contributed by atoms with Crippen molar-refractivity contribution in [3.8, 4) is 23.0 Å². The highest BCUT2D eigenvalue weighted by molar-refractivity contribution is 5.47. The molecule has 0 aliphatic carbocycles. The lowest BCUT2D eigenvalue weighted by Crippen LogP contribution is -1.94. The van der Waals surface area contributed by atoms with E-state index in [4.69, 9.17) is 20.9 Å². The molecule has 31 heavy (non-hydrogen) atoms. The third-order valence-corrected chi connectivity index (χ3v) is 5.10. The van der Waals surface area contributed by atoms with Gasteiger partial charge in [-0.2, -0.15) is 0 Å². The molecule has 0 aromatic heterocycles. The minimum atomic E-state index is 0.722. The van der Waals surface area contributed by atoms with Crippen molar-refractivity contribution in [2.24, 2.45) is 0 Å².